The molecule has 0 saturated heterocycles. The van der Waals surface area contributed by atoms with Crippen LogP contribution in [0.5, 0.6) is 5.75 Å². The van der Waals surface area contributed by atoms with E-state index in [4.69, 9.17) is 4.18 Å². The third kappa shape index (κ3) is 6.24. The molecule has 0 radical (unpaired) electrons. The molecule has 0 amide bonds. The third-order valence-corrected chi connectivity index (χ3v) is 7.40. The van der Waals surface area contributed by atoms with Crippen LogP contribution in [0.1, 0.15) is 11.1 Å². The van der Waals surface area contributed by atoms with Gasteiger partial charge in [-0.2, -0.15) is 0 Å². The first-order valence-corrected chi connectivity index (χ1v) is 12.4. The summed E-state index contributed by atoms with van der Waals surface area (Å²) in [5.41, 5.74) is -0.482. The molecule has 12 heteroatoms. The third-order valence-electron chi connectivity index (χ3n) is 5.19. The van der Waals surface area contributed by atoms with Crippen molar-refractivity contribution >= 4 is 22.7 Å². The lowest BCUT2D eigenvalue weighted by atomic mass is 9.79. The lowest BCUT2D eigenvalue weighted by molar-refractivity contribution is 0.377. The Morgan fingerprint density at radius 1 is 0.579 bits per heavy atom. The minimum Gasteiger partial charge on any atom is -0.445 e. The lowest BCUT2D eigenvalue weighted by Crippen LogP contribution is -2.41. The number of benzene rings is 4. The Balaban J connectivity index is 0.000000232. The molecule has 2 nitrogen and oxygen atoms in total. The van der Waals surface area contributed by atoms with Crippen LogP contribution in [0.4, 0.5) is 34.9 Å². The van der Waals surface area contributed by atoms with Gasteiger partial charge >= 0.3 is 17.2 Å². The first kappa shape index (κ1) is 28.9. The fraction of sp³-hybridized carbons (Fsp3) is 0.0769. The molecule has 200 valence electrons. The molecule has 0 unspecified atom stereocenters. The van der Waals surface area contributed by atoms with Gasteiger partial charge in [-0.05, 0) is 59.9 Å². The molecule has 0 heterocycles. The van der Waals surface area contributed by atoms with Crippen LogP contribution in [0.2, 0.25) is 0 Å². The predicted octanol–water partition coefficient (Wildman–Crippen LogP) is 7.65. The number of aryl methyl sites for hydroxylation is 2. The van der Waals surface area contributed by atoms with Crippen LogP contribution in [0.15, 0.2) is 88.7 Å². The lowest BCUT2D eigenvalue weighted by Gasteiger charge is -2.17. The van der Waals surface area contributed by atoms with E-state index in [-0.39, 0.29) is 0 Å². The molecule has 0 aliphatic carbocycles. The van der Waals surface area contributed by atoms with Crippen molar-refractivity contribution in [2.45, 2.75) is 23.6 Å². The zero-order chi connectivity index (χ0) is 28.3. The molecule has 0 fully saturated rings. The van der Waals surface area contributed by atoms with Gasteiger partial charge in [0.05, 0.1) is 0 Å². The van der Waals surface area contributed by atoms with Crippen molar-refractivity contribution in [1.29, 1.82) is 0 Å². The molecule has 4 aromatic carbocycles. The number of rotatable bonds is 5. The predicted molar refractivity (Wildman–Crippen MR) is 129 cm³/mol. The molecule has 0 aliphatic heterocycles. The summed E-state index contributed by atoms with van der Waals surface area (Å²) in [5, 5.41) is 0. The van der Waals surface area contributed by atoms with Crippen LogP contribution in [0, 0.1) is 42.9 Å². The smallest absolute Gasteiger partial charge is 0.445 e. The molecule has 0 aromatic heterocycles. The highest BCUT2D eigenvalue weighted by molar-refractivity contribution is 7.99. The van der Waals surface area contributed by atoms with Gasteiger partial charge in [-0.15, -0.1) is 0 Å². The second kappa shape index (κ2) is 11.4. The van der Waals surface area contributed by atoms with Crippen molar-refractivity contribution in [3.05, 3.63) is 119 Å². The summed E-state index contributed by atoms with van der Waals surface area (Å²) in [7, 11) is -2.83. The molecule has 0 N–H and O–H groups in total. The minimum absolute atomic E-state index is 0.596. The van der Waals surface area contributed by atoms with Crippen molar-refractivity contribution in [2.24, 2.45) is 0 Å². The summed E-state index contributed by atoms with van der Waals surface area (Å²) in [5.74, 6) is -13.0. The van der Waals surface area contributed by atoms with E-state index in [1.807, 2.05) is 92.7 Å². The number of para-hydroxylation sites is 1. The second-order valence-electron chi connectivity index (χ2n) is 8.08. The molecule has 0 aliphatic rings. The summed E-state index contributed by atoms with van der Waals surface area (Å²) in [4.78, 5) is 1.35. The van der Waals surface area contributed by atoms with E-state index < -0.39 is 51.7 Å². The Labute approximate surface area is 214 Å². The molecule has 0 bridgehead atoms. The van der Waals surface area contributed by atoms with E-state index >= 15 is 0 Å². The van der Waals surface area contributed by atoms with E-state index in [1.54, 1.807) is 0 Å². The van der Waals surface area contributed by atoms with Crippen molar-refractivity contribution in [3.63, 3.8) is 0 Å². The summed E-state index contributed by atoms with van der Waals surface area (Å²) in [6, 6.07) is 24.6. The summed E-state index contributed by atoms with van der Waals surface area (Å²) in [6.45, 7) is -2.29. The molecule has 4 rings (SSSR count). The highest BCUT2D eigenvalue weighted by Crippen LogP contribution is 2.32. The van der Waals surface area contributed by atoms with Crippen LogP contribution in [0.25, 0.3) is 0 Å². The van der Waals surface area contributed by atoms with Crippen LogP contribution in [0.3, 0.4) is 0 Å². The summed E-state index contributed by atoms with van der Waals surface area (Å²) in [6.07, 6.45) is 0. The van der Waals surface area contributed by atoms with E-state index in [0.29, 0.717) is 15.5 Å². The van der Waals surface area contributed by atoms with Crippen molar-refractivity contribution in [3.8, 4) is 5.75 Å². The summed E-state index contributed by atoms with van der Waals surface area (Å²) >= 11 is 0. The SMILES string of the molecule is Cc1ccc([S+](=O)(Oc2ccccc2)c2ccc(C)cc2)cc1.Fc1c(F)c(F)c([B-](F)(F)F)c(F)c1F. The molecule has 0 spiro atoms. The molecular formula is C26H19BF8O2S. The average molecular weight is 558 g/mol. The van der Waals surface area contributed by atoms with E-state index in [9.17, 15) is 39.1 Å². The molecular weight excluding hydrogens is 539 g/mol. The molecule has 0 saturated carbocycles. The fourth-order valence-electron chi connectivity index (χ4n) is 3.19. The maximum atomic E-state index is 13.8. The van der Waals surface area contributed by atoms with Crippen LogP contribution in [-0.4, -0.2) is 6.98 Å². The topological polar surface area (TPSA) is 26.3 Å². The van der Waals surface area contributed by atoms with Crippen molar-refractivity contribution < 1.29 is 43.3 Å². The van der Waals surface area contributed by atoms with Crippen LogP contribution < -0.4 is 9.65 Å². The van der Waals surface area contributed by atoms with Gasteiger partial charge in [0.1, 0.15) is 11.6 Å². The first-order chi connectivity index (χ1) is 17.8. The average Bonchev–Trinajstić information content (AvgIpc) is 2.87. The molecule has 0 atom stereocenters. The molecule has 38 heavy (non-hydrogen) atoms. The zero-order valence-corrected chi connectivity index (χ0v) is 20.6. The van der Waals surface area contributed by atoms with Gasteiger partial charge in [0.25, 0.3) is 0 Å². The standard InChI is InChI=1S/C20H19O2S.C6BF8/c1-16-8-12-19(13-9-16)23(21,20-14-10-17(2)11-15-20)22-18-6-4-3-5-7-18;8-2-1(7(13,14)15)3(9)5(11)6(12)4(2)10/h3-15H,1-2H3;/q+1;-1. The van der Waals surface area contributed by atoms with Gasteiger partial charge in [-0.1, -0.05) is 53.6 Å². The Bertz CT molecular complexity index is 1380. The number of hydrogen-bond acceptors (Lipinski definition) is 2. The Morgan fingerprint density at radius 3 is 1.32 bits per heavy atom. The van der Waals surface area contributed by atoms with Gasteiger partial charge in [0.2, 0.25) is 9.79 Å². The summed E-state index contributed by atoms with van der Waals surface area (Å²) < 4.78 is 117. The Kier molecular flexibility index (Phi) is 8.66. The first-order valence-electron chi connectivity index (χ1n) is 10.9. The fourth-order valence-corrected chi connectivity index (χ4v) is 5.02. The normalized spacial score (nSPS) is 11.5. The monoisotopic (exact) mass is 558 g/mol. The highest BCUT2D eigenvalue weighted by Gasteiger charge is 2.39. The Morgan fingerprint density at radius 2 is 0.947 bits per heavy atom. The second-order valence-corrected chi connectivity index (χ2v) is 10.2. The number of hydrogen-bond donors (Lipinski definition) is 0. The largest absolute Gasteiger partial charge is 0.515 e. The Hall–Kier alpha value is -3.67. The quantitative estimate of drug-likeness (QED) is 0.0828. The van der Waals surface area contributed by atoms with Gasteiger partial charge in [0.15, 0.2) is 23.2 Å². The minimum atomic E-state index is -6.30. The van der Waals surface area contributed by atoms with E-state index in [0.717, 1.165) is 11.1 Å². The van der Waals surface area contributed by atoms with E-state index in [2.05, 4.69) is 0 Å². The van der Waals surface area contributed by atoms with Crippen molar-refractivity contribution in [1.82, 2.24) is 0 Å². The highest BCUT2D eigenvalue weighted by atomic mass is 32.3. The van der Waals surface area contributed by atoms with E-state index in [1.165, 1.54) is 0 Å². The molecule has 4 aromatic rings. The maximum absolute atomic E-state index is 13.8. The van der Waals surface area contributed by atoms with Gasteiger partial charge in [-0.25, -0.2) is 22.0 Å². The van der Waals surface area contributed by atoms with Gasteiger partial charge < -0.3 is 12.9 Å². The maximum Gasteiger partial charge on any atom is 0.515 e. The van der Waals surface area contributed by atoms with Gasteiger partial charge in [0, 0.05) is 0 Å². The van der Waals surface area contributed by atoms with Crippen LogP contribution in [-0.2, 0) is 14.4 Å². The van der Waals surface area contributed by atoms with Crippen molar-refractivity contribution in [2.75, 3.05) is 0 Å². The zero-order valence-electron chi connectivity index (χ0n) is 19.8. The van der Waals surface area contributed by atoms with Gasteiger partial charge in [-0.3, -0.25) is 4.18 Å². The van der Waals surface area contributed by atoms with Crippen LogP contribution >= 0.6 is 0 Å². The number of halogens is 8.